The normalized spacial score (nSPS) is 7.93. The maximum Gasteiger partial charge on any atom is 0.488 e. The summed E-state index contributed by atoms with van der Waals surface area (Å²) in [6, 6.07) is 8.39. The van der Waals surface area contributed by atoms with Gasteiger partial charge in [0.2, 0.25) is 0 Å². The van der Waals surface area contributed by atoms with E-state index in [4.69, 9.17) is 20.0 Å². The lowest BCUT2D eigenvalue weighted by Crippen LogP contribution is -2.29. The molecule has 0 aliphatic rings. The van der Waals surface area contributed by atoms with Crippen LogP contribution in [0.2, 0.25) is 0 Å². The number of nitrogens with zero attached hydrogens (tertiary/aromatic N) is 1. The van der Waals surface area contributed by atoms with Gasteiger partial charge in [-0.3, -0.25) is 0 Å². The SMILES string of the molecule is CC#N.COc1cccc(B(O)O)c1. The van der Waals surface area contributed by atoms with Gasteiger partial charge in [0.25, 0.3) is 0 Å². The molecule has 74 valence electrons. The standard InChI is InChI=1S/C7H9BO3.C2H3N/c1-11-7-4-2-3-6(5-7)8(9)10;1-2-3/h2-5,9-10H,1H3;1H3. The first kappa shape index (κ1) is 12.5. The lowest BCUT2D eigenvalue weighted by Gasteiger charge is -2.01. The van der Waals surface area contributed by atoms with Crippen LogP contribution in [0.3, 0.4) is 0 Å². The summed E-state index contributed by atoms with van der Waals surface area (Å²) in [5, 5.41) is 24.8. The largest absolute Gasteiger partial charge is 0.497 e. The number of methoxy groups -OCH3 is 1. The Morgan fingerprint density at radius 3 is 2.43 bits per heavy atom. The molecule has 0 fully saturated rings. The average Bonchev–Trinajstić information content (AvgIpc) is 2.19. The van der Waals surface area contributed by atoms with Crippen LogP contribution in [0.25, 0.3) is 0 Å². The van der Waals surface area contributed by atoms with Gasteiger partial charge in [0.05, 0.1) is 13.2 Å². The van der Waals surface area contributed by atoms with Crippen molar-refractivity contribution in [2.45, 2.75) is 6.92 Å². The Kier molecular flexibility index (Phi) is 6.20. The molecule has 0 saturated heterocycles. The van der Waals surface area contributed by atoms with E-state index in [1.54, 1.807) is 30.3 Å². The predicted molar refractivity (Wildman–Crippen MR) is 54.1 cm³/mol. The zero-order chi connectivity index (χ0) is 11.0. The zero-order valence-electron chi connectivity index (χ0n) is 8.14. The van der Waals surface area contributed by atoms with Crippen LogP contribution in [0.1, 0.15) is 6.92 Å². The van der Waals surface area contributed by atoms with E-state index < -0.39 is 7.12 Å². The first-order chi connectivity index (χ1) is 6.65. The summed E-state index contributed by atoms with van der Waals surface area (Å²) in [5.41, 5.74) is 0.435. The average molecular weight is 193 g/mol. The number of hydrogen-bond donors (Lipinski definition) is 2. The molecule has 0 bridgehead atoms. The van der Waals surface area contributed by atoms with Crippen molar-refractivity contribution < 1.29 is 14.8 Å². The Hall–Kier alpha value is -1.51. The number of rotatable bonds is 2. The molecule has 0 radical (unpaired) electrons. The topological polar surface area (TPSA) is 73.5 Å². The van der Waals surface area contributed by atoms with Crippen LogP contribution in [0.15, 0.2) is 24.3 Å². The van der Waals surface area contributed by atoms with Crippen LogP contribution >= 0.6 is 0 Å². The number of benzene rings is 1. The van der Waals surface area contributed by atoms with Gasteiger partial charge in [0, 0.05) is 6.92 Å². The molecule has 0 aromatic heterocycles. The lowest BCUT2D eigenvalue weighted by atomic mass is 9.80. The van der Waals surface area contributed by atoms with E-state index in [0.29, 0.717) is 11.2 Å². The second kappa shape index (κ2) is 6.95. The van der Waals surface area contributed by atoms with Gasteiger partial charge in [0.15, 0.2) is 0 Å². The summed E-state index contributed by atoms with van der Waals surface area (Å²) in [5.74, 6) is 0.621. The van der Waals surface area contributed by atoms with Crippen molar-refractivity contribution in [3.8, 4) is 11.8 Å². The number of ether oxygens (including phenoxy) is 1. The van der Waals surface area contributed by atoms with Crippen molar-refractivity contribution in [1.29, 1.82) is 5.26 Å². The zero-order valence-corrected chi connectivity index (χ0v) is 8.14. The Bertz CT molecular complexity index is 309. The summed E-state index contributed by atoms with van der Waals surface area (Å²) in [4.78, 5) is 0. The molecule has 0 atom stereocenters. The second-order valence-electron chi connectivity index (χ2n) is 2.37. The van der Waals surface area contributed by atoms with Crippen molar-refractivity contribution in [1.82, 2.24) is 0 Å². The highest BCUT2D eigenvalue weighted by Gasteiger charge is 2.10. The van der Waals surface area contributed by atoms with Gasteiger partial charge in [-0.05, 0) is 17.6 Å². The maximum absolute atomic E-state index is 8.74. The quantitative estimate of drug-likeness (QED) is 0.643. The van der Waals surface area contributed by atoms with Crippen LogP contribution in [0, 0.1) is 11.3 Å². The minimum absolute atomic E-state index is 0.435. The van der Waals surface area contributed by atoms with Crippen LogP contribution < -0.4 is 10.2 Å². The molecular weight excluding hydrogens is 181 g/mol. The van der Waals surface area contributed by atoms with E-state index in [0.717, 1.165) is 0 Å². The molecule has 2 N–H and O–H groups in total. The van der Waals surface area contributed by atoms with Gasteiger partial charge < -0.3 is 14.8 Å². The third-order valence-corrected chi connectivity index (χ3v) is 1.39. The van der Waals surface area contributed by atoms with E-state index in [-0.39, 0.29) is 0 Å². The predicted octanol–water partition coefficient (Wildman–Crippen LogP) is -0.0951. The van der Waals surface area contributed by atoms with Crippen molar-refractivity contribution in [3.05, 3.63) is 24.3 Å². The molecule has 1 aromatic rings. The highest BCUT2D eigenvalue weighted by Crippen LogP contribution is 2.05. The molecule has 4 nitrogen and oxygen atoms in total. The van der Waals surface area contributed by atoms with Gasteiger partial charge in [-0.1, -0.05) is 12.1 Å². The third-order valence-electron chi connectivity index (χ3n) is 1.39. The fraction of sp³-hybridized carbons (Fsp3) is 0.222. The first-order valence-electron chi connectivity index (χ1n) is 3.96. The van der Waals surface area contributed by atoms with E-state index in [1.165, 1.54) is 14.0 Å². The molecule has 5 heteroatoms. The molecule has 14 heavy (non-hydrogen) atoms. The van der Waals surface area contributed by atoms with Gasteiger partial charge in [-0.15, -0.1) is 0 Å². The Labute approximate surface area is 83.5 Å². The molecule has 0 spiro atoms. The Morgan fingerprint density at radius 1 is 1.43 bits per heavy atom. The molecule has 0 unspecified atom stereocenters. The highest BCUT2D eigenvalue weighted by molar-refractivity contribution is 6.58. The van der Waals surface area contributed by atoms with E-state index in [2.05, 4.69) is 0 Å². The Morgan fingerprint density at radius 2 is 2.00 bits per heavy atom. The first-order valence-corrected chi connectivity index (χ1v) is 3.96. The molecule has 0 saturated carbocycles. The molecule has 1 rings (SSSR count). The van der Waals surface area contributed by atoms with Gasteiger partial charge in [-0.25, -0.2) is 0 Å². The van der Waals surface area contributed by atoms with Crippen LogP contribution in [0.4, 0.5) is 0 Å². The number of hydrogen-bond acceptors (Lipinski definition) is 4. The molecule has 0 aliphatic carbocycles. The summed E-state index contributed by atoms with van der Waals surface area (Å²) in [6.45, 7) is 1.43. The Balaban J connectivity index is 0.000000500. The van der Waals surface area contributed by atoms with Crippen molar-refractivity contribution in [2.24, 2.45) is 0 Å². The molecular formula is C9H12BNO3. The van der Waals surface area contributed by atoms with E-state index in [9.17, 15) is 0 Å². The van der Waals surface area contributed by atoms with Crippen LogP contribution in [0.5, 0.6) is 5.75 Å². The molecule has 0 aliphatic heterocycles. The maximum atomic E-state index is 8.74. The van der Waals surface area contributed by atoms with Crippen molar-refractivity contribution in [2.75, 3.05) is 7.11 Å². The molecule has 0 amide bonds. The third kappa shape index (κ3) is 4.50. The van der Waals surface area contributed by atoms with Crippen molar-refractivity contribution >= 4 is 12.6 Å². The lowest BCUT2D eigenvalue weighted by molar-refractivity contribution is 0.412. The fourth-order valence-corrected chi connectivity index (χ4v) is 0.802. The van der Waals surface area contributed by atoms with Gasteiger partial charge in [0.1, 0.15) is 5.75 Å². The summed E-state index contributed by atoms with van der Waals surface area (Å²) in [6.07, 6.45) is 0. The highest BCUT2D eigenvalue weighted by atomic mass is 16.5. The molecule has 0 heterocycles. The number of nitriles is 1. The molecule has 1 aromatic carbocycles. The van der Waals surface area contributed by atoms with E-state index >= 15 is 0 Å². The second-order valence-corrected chi connectivity index (χ2v) is 2.37. The van der Waals surface area contributed by atoms with Gasteiger partial charge in [-0.2, -0.15) is 5.26 Å². The monoisotopic (exact) mass is 193 g/mol. The van der Waals surface area contributed by atoms with Gasteiger partial charge >= 0.3 is 7.12 Å². The van der Waals surface area contributed by atoms with E-state index in [1.807, 2.05) is 0 Å². The van der Waals surface area contributed by atoms with Crippen molar-refractivity contribution in [3.63, 3.8) is 0 Å². The van der Waals surface area contributed by atoms with Crippen LogP contribution in [-0.4, -0.2) is 24.3 Å². The summed E-state index contributed by atoms with van der Waals surface area (Å²) in [7, 11) is 0.105. The minimum atomic E-state index is -1.43. The smallest absolute Gasteiger partial charge is 0.488 e. The summed E-state index contributed by atoms with van der Waals surface area (Å²) < 4.78 is 4.88. The minimum Gasteiger partial charge on any atom is -0.497 e. The summed E-state index contributed by atoms with van der Waals surface area (Å²) >= 11 is 0. The van der Waals surface area contributed by atoms with Crippen LogP contribution in [-0.2, 0) is 0 Å². The fourth-order valence-electron chi connectivity index (χ4n) is 0.802.